The molecular weight excluding hydrogens is 232 g/mol. The second kappa shape index (κ2) is 6.53. The molecule has 2 heteroatoms. The Bertz CT molecular complexity index is 400. The fourth-order valence-corrected chi connectivity index (χ4v) is 2.97. The van der Waals surface area contributed by atoms with Crippen molar-refractivity contribution >= 4 is 0 Å². The molecule has 1 fully saturated rings. The Morgan fingerprint density at radius 3 is 2.68 bits per heavy atom. The van der Waals surface area contributed by atoms with Crippen molar-refractivity contribution in [3.8, 4) is 0 Å². The molecule has 0 amide bonds. The summed E-state index contributed by atoms with van der Waals surface area (Å²) in [6.45, 7) is 8.86. The van der Waals surface area contributed by atoms with Crippen LogP contribution >= 0.6 is 0 Å². The van der Waals surface area contributed by atoms with Crippen LogP contribution in [0.5, 0.6) is 0 Å². The van der Waals surface area contributed by atoms with E-state index in [1.54, 1.807) is 0 Å². The van der Waals surface area contributed by atoms with Gasteiger partial charge in [0, 0.05) is 18.6 Å². The van der Waals surface area contributed by atoms with E-state index in [1.807, 2.05) is 0 Å². The Morgan fingerprint density at radius 2 is 2.11 bits per heavy atom. The molecule has 2 unspecified atom stereocenters. The van der Waals surface area contributed by atoms with Gasteiger partial charge in [-0.15, -0.1) is 0 Å². The Balaban J connectivity index is 1.84. The lowest BCUT2D eigenvalue weighted by Crippen LogP contribution is -2.49. The number of benzene rings is 1. The second-order valence-corrected chi connectivity index (χ2v) is 6.37. The molecule has 19 heavy (non-hydrogen) atoms. The van der Waals surface area contributed by atoms with Crippen molar-refractivity contribution < 1.29 is 0 Å². The van der Waals surface area contributed by atoms with E-state index in [1.165, 1.54) is 30.5 Å². The van der Waals surface area contributed by atoms with Gasteiger partial charge in [0.15, 0.2) is 0 Å². The largest absolute Gasteiger partial charge is 0.314 e. The summed E-state index contributed by atoms with van der Waals surface area (Å²) in [4.78, 5) is 2.53. The highest BCUT2D eigenvalue weighted by Crippen LogP contribution is 2.31. The molecule has 0 bridgehead atoms. The molecule has 1 saturated carbocycles. The highest BCUT2D eigenvalue weighted by Gasteiger charge is 2.33. The summed E-state index contributed by atoms with van der Waals surface area (Å²) in [5, 5.41) is 3.58. The third-order valence-corrected chi connectivity index (χ3v) is 4.25. The number of hydrogen-bond donors (Lipinski definition) is 1. The predicted octanol–water partition coefficient (Wildman–Crippen LogP) is 3.20. The maximum atomic E-state index is 3.58. The van der Waals surface area contributed by atoms with Crippen molar-refractivity contribution in [1.82, 2.24) is 10.2 Å². The molecule has 1 aromatic rings. The van der Waals surface area contributed by atoms with Gasteiger partial charge in [0.25, 0.3) is 0 Å². The van der Waals surface area contributed by atoms with Crippen LogP contribution in [0.4, 0.5) is 0 Å². The van der Waals surface area contributed by atoms with Crippen molar-refractivity contribution in [3.63, 3.8) is 0 Å². The van der Waals surface area contributed by atoms with Crippen LogP contribution < -0.4 is 5.32 Å². The monoisotopic (exact) mass is 260 g/mol. The summed E-state index contributed by atoms with van der Waals surface area (Å²) in [5.74, 6) is 0.831. The van der Waals surface area contributed by atoms with Crippen LogP contribution in [0.25, 0.3) is 0 Å². The first kappa shape index (κ1) is 14.5. The standard InChI is InChI=1S/C17H28N2/c1-13(2)18-11-16-8-9-17(16)19(4)12-15-7-5-6-14(3)10-15/h5-7,10,13,16-18H,8-9,11-12H2,1-4H3. The topological polar surface area (TPSA) is 15.3 Å². The molecule has 1 aliphatic rings. The Kier molecular flexibility index (Phi) is 5.00. The molecule has 2 rings (SSSR count). The van der Waals surface area contributed by atoms with Crippen molar-refractivity contribution in [1.29, 1.82) is 0 Å². The van der Waals surface area contributed by atoms with E-state index in [-0.39, 0.29) is 0 Å². The van der Waals surface area contributed by atoms with Gasteiger partial charge in [-0.05, 0) is 44.8 Å². The average molecular weight is 260 g/mol. The first-order valence-electron chi connectivity index (χ1n) is 7.55. The third-order valence-electron chi connectivity index (χ3n) is 4.25. The maximum absolute atomic E-state index is 3.58. The van der Waals surface area contributed by atoms with Gasteiger partial charge in [0.05, 0.1) is 0 Å². The van der Waals surface area contributed by atoms with E-state index < -0.39 is 0 Å². The summed E-state index contributed by atoms with van der Waals surface area (Å²) in [7, 11) is 2.27. The Morgan fingerprint density at radius 1 is 1.32 bits per heavy atom. The lowest BCUT2D eigenvalue weighted by atomic mass is 9.78. The summed E-state index contributed by atoms with van der Waals surface area (Å²) < 4.78 is 0. The van der Waals surface area contributed by atoms with Crippen LogP contribution in [0.3, 0.4) is 0 Å². The number of aryl methyl sites for hydroxylation is 1. The third kappa shape index (κ3) is 4.05. The van der Waals surface area contributed by atoms with Crippen molar-refractivity contribution in [3.05, 3.63) is 35.4 Å². The van der Waals surface area contributed by atoms with Crippen LogP contribution in [0.2, 0.25) is 0 Å². The molecule has 1 N–H and O–H groups in total. The summed E-state index contributed by atoms with van der Waals surface area (Å²) in [5.41, 5.74) is 2.79. The van der Waals surface area contributed by atoms with Crippen molar-refractivity contribution in [2.75, 3.05) is 13.6 Å². The molecular formula is C17H28N2. The van der Waals surface area contributed by atoms with Gasteiger partial charge in [-0.2, -0.15) is 0 Å². The molecule has 1 aromatic carbocycles. The van der Waals surface area contributed by atoms with Gasteiger partial charge >= 0.3 is 0 Å². The SMILES string of the molecule is Cc1cccc(CN(C)C2CCC2CNC(C)C)c1. The van der Waals surface area contributed by atoms with E-state index in [0.717, 1.165) is 18.5 Å². The quantitative estimate of drug-likeness (QED) is 0.845. The number of nitrogens with one attached hydrogen (secondary N) is 1. The van der Waals surface area contributed by atoms with Gasteiger partial charge in [0.2, 0.25) is 0 Å². The fraction of sp³-hybridized carbons (Fsp3) is 0.647. The highest BCUT2D eigenvalue weighted by atomic mass is 15.1. The molecule has 0 saturated heterocycles. The normalized spacial score (nSPS) is 22.8. The molecule has 1 aliphatic carbocycles. The smallest absolute Gasteiger partial charge is 0.0233 e. The minimum atomic E-state index is 0.600. The predicted molar refractivity (Wildman–Crippen MR) is 82.3 cm³/mol. The first-order valence-corrected chi connectivity index (χ1v) is 7.55. The second-order valence-electron chi connectivity index (χ2n) is 6.37. The molecule has 0 spiro atoms. The number of rotatable bonds is 6. The highest BCUT2D eigenvalue weighted by molar-refractivity contribution is 5.22. The zero-order chi connectivity index (χ0) is 13.8. The van der Waals surface area contributed by atoms with Crippen LogP contribution in [-0.2, 0) is 6.54 Å². The van der Waals surface area contributed by atoms with Gasteiger partial charge in [-0.3, -0.25) is 4.90 Å². The van der Waals surface area contributed by atoms with Crippen molar-refractivity contribution in [2.45, 2.75) is 52.2 Å². The lowest BCUT2D eigenvalue weighted by Gasteiger charge is -2.43. The van der Waals surface area contributed by atoms with E-state index >= 15 is 0 Å². The van der Waals surface area contributed by atoms with Crippen LogP contribution in [0, 0.1) is 12.8 Å². The summed E-state index contributed by atoms with van der Waals surface area (Å²) in [6, 6.07) is 10.2. The molecule has 2 atom stereocenters. The molecule has 2 nitrogen and oxygen atoms in total. The zero-order valence-electron chi connectivity index (χ0n) is 12.8. The van der Waals surface area contributed by atoms with Crippen LogP contribution in [0.15, 0.2) is 24.3 Å². The number of nitrogens with zero attached hydrogens (tertiary/aromatic N) is 1. The minimum absolute atomic E-state index is 0.600. The Labute approximate surface area is 118 Å². The minimum Gasteiger partial charge on any atom is -0.314 e. The first-order chi connectivity index (χ1) is 9.06. The van der Waals surface area contributed by atoms with Gasteiger partial charge < -0.3 is 5.32 Å². The zero-order valence-corrected chi connectivity index (χ0v) is 12.8. The van der Waals surface area contributed by atoms with E-state index in [9.17, 15) is 0 Å². The average Bonchev–Trinajstić information content (AvgIpc) is 2.26. The van der Waals surface area contributed by atoms with E-state index in [0.29, 0.717) is 6.04 Å². The van der Waals surface area contributed by atoms with Gasteiger partial charge in [0.1, 0.15) is 0 Å². The van der Waals surface area contributed by atoms with Crippen LogP contribution in [-0.4, -0.2) is 30.6 Å². The maximum Gasteiger partial charge on any atom is 0.0233 e. The van der Waals surface area contributed by atoms with Crippen LogP contribution in [0.1, 0.15) is 37.8 Å². The van der Waals surface area contributed by atoms with Gasteiger partial charge in [-0.1, -0.05) is 43.7 Å². The Hall–Kier alpha value is -0.860. The molecule has 0 heterocycles. The summed E-state index contributed by atoms with van der Waals surface area (Å²) in [6.07, 6.45) is 2.73. The molecule has 0 aliphatic heterocycles. The fourth-order valence-electron chi connectivity index (χ4n) is 2.97. The van der Waals surface area contributed by atoms with E-state index in [2.05, 4.69) is 62.3 Å². The lowest BCUT2D eigenvalue weighted by molar-refractivity contribution is 0.0768. The van der Waals surface area contributed by atoms with Crippen molar-refractivity contribution in [2.24, 2.45) is 5.92 Å². The van der Waals surface area contributed by atoms with E-state index in [4.69, 9.17) is 0 Å². The molecule has 0 radical (unpaired) electrons. The summed E-state index contributed by atoms with van der Waals surface area (Å²) >= 11 is 0. The molecule has 106 valence electrons. The molecule has 0 aromatic heterocycles. The number of hydrogen-bond acceptors (Lipinski definition) is 2. The van der Waals surface area contributed by atoms with Gasteiger partial charge in [-0.25, -0.2) is 0 Å².